The summed E-state index contributed by atoms with van der Waals surface area (Å²) >= 11 is 0. The van der Waals surface area contributed by atoms with Gasteiger partial charge in [-0.1, -0.05) is 23.4 Å². The maximum atomic E-state index is 12.0. The Morgan fingerprint density at radius 3 is 2.85 bits per heavy atom. The first-order valence-corrected chi connectivity index (χ1v) is 6.32. The molecular weight excluding hydrogens is 256 g/mol. The monoisotopic (exact) mass is 270 g/mol. The van der Waals surface area contributed by atoms with E-state index < -0.39 is 0 Å². The summed E-state index contributed by atoms with van der Waals surface area (Å²) in [5.41, 5.74) is 2.91. The van der Waals surface area contributed by atoms with Gasteiger partial charge in [-0.25, -0.2) is 4.79 Å². The van der Waals surface area contributed by atoms with Crippen LogP contribution in [0, 0.1) is 13.8 Å². The molecule has 2 aromatic heterocycles. The Morgan fingerprint density at radius 2 is 2.15 bits per heavy atom. The minimum absolute atomic E-state index is 0.162. The number of carbonyl (C=O) groups excluding carboxylic acids is 1. The van der Waals surface area contributed by atoms with Crippen molar-refractivity contribution >= 4 is 16.9 Å². The predicted octanol–water partition coefficient (Wildman–Crippen LogP) is 3.13. The van der Waals surface area contributed by atoms with Gasteiger partial charge in [0.15, 0.2) is 0 Å². The van der Waals surface area contributed by atoms with Gasteiger partial charge in [-0.3, -0.25) is 0 Å². The molecule has 0 saturated carbocycles. The topological polar surface area (TPSA) is 68.1 Å². The lowest BCUT2D eigenvalue weighted by Crippen LogP contribution is -2.06. The zero-order valence-corrected chi connectivity index (χ0v) is 11.3. The van der Waals surface area contributed by atoms with E-state index in [9.17, 15) is 4.79 Å². The number of nitrogens with zero attached hydrogens (tertiary/aromatic N) is 1. The Balaban J connectivity index is 1.76. The second kappa shape index (κ2) is 4.85. The predicted molar refractivity (Wildman–Crippen MR) is 73.4 cm³/mol. The lowest BCUT2D eigenvalue weighted by atomic mass is 10.2. The van der Waals surface area contributed by atoms with Crippen molar-refractivity contribution in [1.29, 1.82) is 0 Å². The van der Waals surface area contributed by atoms with Crippen LogP contribution >= 0.6 is 0 Å². The normalized spacial score (nSPS) is 10.9. The Morgan fingerprint density at radius 1 is 1.35 bits per heavy atom. The first kappa shape index (κ1) is 12.5. The summed E-state index contributed by atoms with van der Waals surface area (Å²) in [4.78, 5) is 15.1. The average Bonchev–Trinajstić information content (AvgIpc) is 3.01. The minimum atomic E-state index is -0.388. The van der Waals surface area contributed by atoms with Crippen LogP contribution in [0.15, 0.2) is 34.9 Å². The van der Waals surface area contributed by atoms with Crippen molar-refractivity contribution in [3.63, 3.8) is 0 Å². The van der Waals surface area contributed by atoms with Crippen molar-refractivity contribution in [2.45, 2.75) is 20.5 Å². The highest BCUT2D eigenvalue weighted by Gasteiger charge is 2.14. The van der Waals surface area contributed by atoms with E-state index in [2.05, 4.69) is 10.1 Å². The molecule has 0 fully saturated rings. The van der Waals surface area contributed by atoms with Crippen molar-refractivity contribution < 1.29 is 14.1 Å². The summed E-state index contributed by atoms with van der Waals surface area (Å²) in [5, 5.41) is 4.81. The number of H-pyrrole nitrogens is 1. The van der Waals surface area contributed by atoms with Crippen molar-refractivity contribution in [3.8, 4) is 0 Å². The highest BCUT2D eigenvalue weighted by molar-refractivity contribution is 5.94. The molecule has 0 aliphatic heterocycles. The zero-order valence-electron chi connectivity index (χ0n) is 11.3. The number of fused-ring (bicyclic) bond motifs is 1. The van der Waals surface area contributed by atoms with Crippen LogP contribution < -0.4 is 0 Å². The summed E-state index contributed by atoms with van der Waals surface area (Å²) in [6.45, 7) is 3.78. The first-order chi connectivity index (χ1) is 9.65. The molecule has 2 heterocycles. The third-order valence-corrected chi connectivity index (χ3v) is 3.28. The van der Waals surface area contributed by atoms with Crippen LogP contribution in [0.1, 0.15) is 27.5 Å². The lowest BCUT2D eigenvalue weighted by molar-refractivity contribution is 0.0465. The van der Waals surface area contributed by atoms with Gasteiger partial charge in [-0.2, -0.15) is 0 Å². The van der Waals surface area contributed by atoms with Gasteiger partial charge >= 0.3 is 5.97 Å². The zero-order chi connectivity index (χ0) is 14.1. The second-order valence-electron chi connectivity index (χ2n) is 4.65. The number of aromatic nitrogens is 2. The first-order valence-electron chi connectivity index (χ1n) is 6.32. The van der Waals surface area contributed by atoms with Gasteiger partial charge in [-0.05, 0) is 26.0 Å². The van der Waals surface area contributed by atoms with E-state index in [1.807, 2.05) is 31.2 Å². The summed E-state index contributed by atoms with van der Waals surface area (Å²) < 4.78 is 10.3. The summed E-state index contributed by atoms with van der Waals surface area (Å²) in [6, 6.07) is 9.48. The Bertz CT molecular complexity index is 718. The van der Waals surface area contributed by atoms with E-state index in [4.69, 9.17) is 9.26 Å². The summed E-state index contributed by atoms with van der Waals surface area (Å²) in [7, 11) is 0. The number of benzene rings is 1. The number of rotatable bonds is 3. The Kier molecular flexibility index (Phi) is 3.02. The quantitative estimate of drug-likeness (QED) is 0.742. The molecule has 0 aliphatic carbocycles. The van der Waals surface area contributed by atoms with Crippen LogP contribution in [0.2, 0.25) is 0 Å². The number of aryl methyl sites for hydroxylation is 2. The molecular formula is C15H14N2O3. The molecule has 0 bridgehead atoms. The van der Waals surface area contributed by atoms with Crippen molar-refractivity contribution in [1.82, 2.24) is 10.1 Å². The molecule has 3 rings (SSSR count). The lowest BCUT2D eigenvalue weighted by Gasteiger charge is -2.02. The van der Waals surface area contributed by atoms with Gasteiger partial charge in [0.05, 0.1) is 11.3 Å². The molecule has 0 amide bonds. The van der Waals surface area contributed by atoms with Gasteiger partial charge in [-0.15, -0.1) is 0 Å². The summed E-state index contributed by atoms with van der Waals surface area (Å²) in [6.07, 6.45) is 0. The standard InChI is InChI=1S/C15H14N2O3/c1-9-12(10(2)20-17-9)8-19-15(18)14-7-11-5-3-4-6-13(11)16-14/h3-7,16H,8H2,1-2H3. The molecule has 0 saturated heterocycles. The van der Waals surface area contributed by atoms with Gasteiger partial charge in [0.25, 0.3) is 0 Å². The number of ether oxygens (including phenoxy) is 1. The maximum absolute atomic E-state index is 12.0. The SMILES string of the molecule is Cc1noc(C)c1COC(=O)c1cc2ccccc2[nH]1. The van der Waals surface area contributed by atoms with E-state index in [0.29, 0.717) is 11.5 Å². The fourth-order valence-corrected chi connectivity index (χ4v) is 2.11. The van der Waals surface area contributed by atoms with E-state index >= 15 is 0 Å². The molecule has 20 heavy (non-hydrogen) atoms. The molecule has 1 aromatic carbocycles. The van der Waals surface area contributed by atoms with Crippen LogP contribution in [-0.4, -0.2) is 16.1 Å². The van der Waals surface area contributed by atoms with Crippen LogP contribution in [0.25, 0.3) is 10.9 Å². The molecule has 5 nitrogen and oxygen atoms in total. The van der Waals surface area contributed by atoms with Crippen molar-refractivity contribution in [3.05, 3.63) is 53.0 Å². The number of hydrogen-bond donors (Lipinski definition) is 1. The van der Waals surface area contributed by atoms with E-state index in [1.54, 1.807) is 13.0 Å². The number of para-hydroxylation sites is 1. The number of esters is 1. The van der Waals surface area contributed by atoms with E-state index in [1.165, 1.54) is 0 Å². The van der Waals surface area contributed by atoms with E-state index in [0.717, 1.165) is 22.2 Å². The van der Waals surface area contributed by atoms with Gasteiger partial charge < -0.3 is 14.2 Å². The number of carbonyl (C=O) groups is 1. The van der Waals surface area contributed by atoms with Crippen LogP contribution in [0.3, 0.4) is 0 Å². The fraction of sp³-hybridized carbons (Fsp3) is 0.200. The highest BCUT2D eigenvalue weighted by Crippen LogP contribution is 2.17. The third kappa shape index (κ3) is 2.18. The number of aromatic amines is 1. The largest absolute Gasteiger partial charge is 0.456 e. The summed E-state index contributed by atoms with van der Waals surface area (Å²) in [5.74, 6) is 0.285. The molecule has 3 aromatic rings. The van der Waals surface area contributed by atoms with Crippen molar-refractivity contribution in [2.75, 3.05) is 0 Å². The molecule has 5 heteroatoms. The molecule has 0 radical (unpaired) electrons. The Labute approximate surface area is 115 Å². The molecule has 0 aliphatic rings. The maximum Gasteiger partial charge on any atom is 0.355 e. The van der Waals surface area contributed by atoms with Gasteiger partial charge in [0.2, 0.25) is 0 Å². The van der Waals surface area contributed by atoms with Crippen LogP contribution in [0.5, 0.6) is 0 Å². The average molecular weight is 270 g/mol. The molecule has 0 atom stereocenters. The van der Waals surface area contributed by atoms with Gasteiger partial charge in [0.1, 0.15) is 18.1 Å². The van der Waals surface area contributed by atoms with Crippen LogP contribution in [0.4, 0.5) is 0 Å². The molecule has 102 valence electrons. The third-order valence-electron chi connectivity index (χ3n) is 3.28. The van der Waals surface area contributed by atoms with Crippen LogP contribution in [-0.2, 0) is 11.3 Å². The molecule has 0 spiro atoms. The number of nitrogens with one attached hydrogen (secondary N) is 1. The smallest absolute Gasteiger partial charge is 0.355 e. The van der Waals surface area contributed by atoms with E-state index in [-0.39, 0.29) is 12.6 Å². The number of hydrogen-bond acceptors (Lipinski definition) is 4. The molecule has 0 unspecified atom stereocenters. The Hall–Kier alpha value is -2.56. The molecule has 1 N–H and O–H groups in total. The minimum Gasteiger partial charge on any atom is -0.456 e. The fourth-order valence-electron chi connectivity index (χ4n) is 2.11. The highest BCUT2D eigenvalue weighted by atomic mass is 16.5. The van der Waals surface area contributed by atoms with Gasteiger partial charge in [0, 0.05) is 10.9 Å². The second-order valence-corrected chi connectivity index (χ2v) is 4.65. The van der Waals surface area contributed by atoms with Crippen molar-refractivity contribution in [2.24, 2.45) is 0 Å².